The predicted octanol–water partition coefficient (Wildman–Crippen LogP) is 4.39. The van der Waals surface area contributed by atoms with Gasteiger partial charge in [0.1, 0.15) is 0 Å². The standard InChI is InChI=1S/C24H22N2O4S/c1-29-19-9-7-15(13-20(19)30-2)11-12-25-23(27)16-8-10-22-18(14-16)26-24(28)17-5-3-4-6-21(17)31-22/h3-10,13-14H,11-12H2,1-2H3,(H,25,27)(H,26,28). The molecule has 2 N–H and O–H groups in total. The Hall–Kier alpha value is -3.45. The van der Waals surface area contributed by atoms with Gasteiger partial charge in [0, 0.05) is 21.9 Å². The lowest BCUT2D eigenvalue weighted by Crippen LogP contribution is -2.25. The van der Waals surface area contributed by atoms with E-state index in [1.807, 2.05) is 42.5 Å². The third-order valence-electron chi connectivity index (χ3n) is 4.99. The summed E-state index contributed by atoms with van der Waals surface area (Å²) >= 11 is 1.51. The summed E-state index contributed by atoms with van der Waals surface area (Å²) in [4.78, 5) is 27.0. The minimum absolute atomic E-state index is 0.173. The highest BCUT2D eigenvalue weighted by molar-refractivity contribution is 7.99. The Morgan fingerprint density at radius 1 is 0.968 bits per heavy atom. The van der Waals surface area contributed by atoms with E-state index in [1.54, 1.807) is 32.4 Å². The zero-order valence-corrected chi connectivity index (χ0v) is 18.0. The Morgan fingerprint density at radius 2 is 1.77 bits per heavy atom. The minimum Gasteiger partial charge on any atom is -0.493 e. The summed E-state index contributed by atoms with van der Waals surface area (Å²) in [5, 5.41) is 5.85. The fraction of sp³-hybridized carbons (Fsp3) is 0.167. The van der Waals surface area contributed by atoms with Gasteiger partial charge in [-0.2, -0.15) is 0 Å². The van der Waals surface area contributed by atoms with E-state index >= 15 is 0 Å². The van der Waals surface area contributed by atoms with Crippen molar-refractivity contribution >= 4 is 29.3 Å². The van der Waals surface area contributed by atoms with Gasteiger partial charge in [0.05, 0.1) is 25.5 Å². The molecular weight excluding hydrogens is 412 g/mol. The molecule has 0 atom stereocenters. The largest absolute Gasteiger partial charge is 0.493 e. The van der Waals surface area contributed by atoms with Gasteiger partial charge in [-0.05, 0) is 54.4 Å². The van der Waals surface area contributed by atoms with E-state index in [1.165, 1.54) is 11.8 Å². The average molecular weight is 435 g/mol. The number of anilines is 1. The van der Waals surface area contributed by atoms with Crippen LogP contribution in [0.2, 0.25) is 0 Å². The molecule has 3 aromatic carbocycles. The second-order valence-corrected chi connectivity index (χ2v) is 8.04. The molecule has 158 valence electrons. The maximum Gasteiger partial charge on any atom is 0.256 e. The number of nitrogens with one attached hydrogen (secondary N) is 2. The van der Waals surface area contributed by atoms with Crippen LogP contribution in [0.1, 0.15) is 26.3 Å². The molecule has 0 aliphatic carbocycles. The maximum atomic E-state index is 12.7. The van der Waals surface area contributed by atoms with Crippen LogP contribution in [0, 0.1) is 0 Å². The summed E-state index contributed by atoms with van der Waals surface area (Å²) < 4.78 is 10.6. The molecule has 6 nitrogen and oxygen atoms in total. The smallest absolute Gasteiger partial charge is 0.256 e. The summed E-state index contributed by atoms with van der Waals surface area (Å²) in [6.45, 7) is 0.470. The second kappa shape index (κ2) is 9.14. The first-order valence-electron chi connectivity index (χ1n) is 9.80. The van der Waals surface area contributed by atoms with Crippen molar-refractivity contribution in [2.75, 3.05) is 26.1 Å². The molecule has 4 rings (SSSR count). The number of rotatable bonds is 6. The quantitative estimate of drug-likeness (QED) is 0.602. The van der Waals surface area contributed by atoms with E-state index in [0.29, 0.717) is 41.3 Å². The van der Waals surface area contributed by atoms with Crippen LogP contribution in [-0.2, 0) is 6.42 Å². The van der Waals surface area contributed by atoms with Crippen molar-refractivity contribution in [2.45, 2.75) is 16.2 Å². The summed E-state index contributed by atoms with van der Waals surface area (Å²) in [6, 6.07) is 18.5. The van der Waals surface area contributed by atoms with Crippen LogP contribution >= 0.6 is 11.8 Å². The van der Waals surface area contributed by atoms with Gasteiger partial charge in [-0.3, -0.25) is 9.59 Å². The van der Waals surface area contributed by atoms with Crippen molar-refractivity contribution in [3.8, 4) is 11.5 Å². The summed E-state index contributed by atoms with van der Waals surface area (Å²) in [6.07, 6.45) is 0.652. The maximum absolute atomic E-state index is 12.7. The Labute approximate surface area is 185 Å². The van der Waals surface area contributed by atoms with E-state index in [4.69, 9.17) is 9.47 Å². The van der Waals surface area contributed by atoms with Gasteiger partial charge in [-0.15, -0.1) is 0 Å². The SMILES string of the molecule is COc1ccc(CCNC(=O)c2ccc3c(c2)NC(=O)c2ccccc2S3)cc1OC. The van der Waals surface area contributed by atoms with Crippen LogP contribution in [0.4, 0.5) is 5.69 Å². The molecule has 1 heterocycles. The van der Waals surface area contributed by atoms with Crippen LogP contribution in [-0.4, -0.2) is 32.6 Å². The molecule has 1 aliphatic heterocycles. The Balaban J connectivity index is 1.42. The van der Waals surface area contributed by atoms with Gasteiger partial charge in [0.2, 0.25) is 0 Å². The Bertz CT molecular complexity index is 1150. The molecule has 3 aromatic rings. The molecular formula is C24H22N2O4S. The van der Waals surface area contributed by atoms with Gasteiger partial charge < -0.3 is 20.1 Å². The van der Waals surface area contributed by atoms with Gasteiger partial charge in [0.25, 0.3) is 11.8 Å². The molecule has 0 bridgehead atoms. The van der Waals surface area contributed by atoms with Gasteiger partial charge in [-0.1, -0.05) is 30.0 Å². The van der Waals surface area contributed by atoms with Crippen molar-refractivity contribution in [1.82, 2.24) is 5.32 Å². The highest BCUT2D eigenvalue weighted by Gasteiger charge is 2.20. The lowest BCUT2D eigenvalue weighted by Gasteiger charge is -2.11. The third-order valence-corrected chi connectivity index (χ3v) is 6.14. The van der Waals surface area contributed by atoms with Crippen LogP contribution in [0.3, 0.4) is 0 Å². The molecule has 0 spiro atoms. The molecule has 0 saturated heterocycles. The molecule has 0 unspecified atom stereocenters. The molecule has 0 saturated carbocycles. The highest BCUT2D eigenvalue weighted by atomic mass is 32.2. The molecule has 31 heavy (non-hydrogen) atoms. The lowest BCUT2D eigenvalue weighted by atomic mass is 10.1. The Morgan fingerprint density at radius 3 is 2.58 bits per heavy atom. The average Bonchev–Trinajstić information content (AvgIpc) is 2.94. The number of fused-ring (bicyclic) bond motifs is 2. The zero-order chi connectivity index (χ0) is 21.8. The van der Waals surface area contributed by atoms with Gasteiger partial charge >= 0.3 is 0 Å². The molecule has 0 radical (unpaired) electrons. The third kappa shape index (κ3) is 4.51. The van der Waals surface area contributed by atoms with E-state index in [2.05, 4.69) is 10.6 Å². The highest BCUT2D eigenvalue weighted by Crippen LogP contribution is 2.39. The van der Waals surface area contributed by atoms with Crippen molar-refractivity contribution in [1.29, 1.82) is 0 Å². The monoisotopic (exact) mass is 434 g/mol. The number of ether oxygens (including phenoxy) is 2. The molecule has 1 aliphatic rings. The van der Waals surface area contributed by atoms with Gasteiger partial charge in [0.15, 0.2) is 11.5 Å². The van der Waals surface area contributed by atoms with Crippen molar-refractivity contribution in [3.05, 3.63) is 77.4 Å². The number of carbonyl (C=O) groups is 2. The fourth-order valence-electron chi connectivity index (χ4n) is 3.37. The number of methoxy groups -OCH3 is 2. The minimum atomic E-state index is -0.190. The predicted molar refractivity (Wildman–Crippen MR) is 121 cm³/mol. The zero-order valence-electron chi connectivity index (χ0n) is 17.2. The number of amides is 2. The van der Waals surface area contributed by atoms with Crippen molar-refractivity contribution in [3.63, 3.8) is 0 Å². The number of carbonyl (C=O) groups excluding carboxylic acids is 2. The summed E-state index contributed by atoms with van der Waals surface area (Å²) in [5.41, 5.74) is 2.79. The first kappa shape index (κ1) is 20.8. The fourth-order valence-corrected chi connectivity index (χ4v) is 4.38. The number of hydrogen-bond acceptors (Lipinski definition) is 5. The molecule has 2 amide bonds. The first-order chi connectivity index (χ1) is 15.1. The van der Waals surface area contributed by atoms with Crippen LogP contribution in [0.25, 0.3) is 0 Å². The lowest BCUT2D eigenvalue weighted by molar-refractivity contribution is 0.0952. The molecule has 7 heteroatoms. The van der Waals surface area contributed by atoms with E-state index < -0.39 is 0 Å². The normalized spacial score (nSPS) is 12.1. The molecule has 0 fully saturated rings. The summed E-state index contributed by atoms with van der Waals surface area (Å²) in [7, 11) is 3.19. The summed E-state index contributed by atoms with van der Waals surface area (Å²) in [5.74, 6) is 0.964. The van der Waals surface area contributed by atoms with E-state index in [0.717, 1.165) is 15.4 Å². The van der Waals surface area contributed by atoms with Crippen LogP contribution in [0.15, 0.2) is 70.5 Å². The van der Waals surface area contributed by atoms with E-state index in [-0.39, 0.29) is 11.8 Å². The van der Waals surface area contributed by atoms with E-state index in [9.17, 15) is 9.59 Å². The topological polar surface area (TPSA) is 76.7 Å². The van der Waals surface area contributed by atoms with Gasteiger partial charge in [-0.25, -0.2) is 0 Å². The second-order valence-electron chi connectivity index (χ2n) is 6.96. The van der Waals surface area contributed by atoms with Crippen LogP contribution in [0.5, 0.6) is 11.5 Å². The van der Waals surface area contributed by atoms with Crippen molar-refractivity contribution in [2.24, 2.45) is 0 Å². The number of benzene rings is 3. The number of hydrogen-bond donors (Lipinski definition) is 2. The van der Waals surface area contributed by atoms with Crippen molar-refractivity contribution < 1.29 is 19.1 Å². The Kier molecular flexibility index (Phi) is 6.13. The van der Waals surface area contributed by atoms with Crippen LogP contribution < -0.4 is 20.1 Å². The molecule has 0 aromatic heterocycles. The first-order valence-corrected chi connectivity index (χ1v) is 10.6.